The second-order valence-electron chi connectivity index (χ2n) is 8.04. The molecule has 1 atom stereocenters. The molecule has 0 amide bonds. The third-order valence-electron chi connectivity index (χ3n) is 6.10. The summed E-state index contributed by atoms with van der Waals surface area (Å²) in [6.45, 7) is 2.26. The van der Waals surface area contributed by atoms with E-state index in [0.29, 0.717) is 22.8 Å². The molecule has 1 saturated carbocycles. The zero-order valence-corrected chi connectivity index (χ0v) is 17.2. The topological polar surface area (TPSA) is 35.3 Å². The van der Waals surface area contributed by atoms with Gasteiger partial charge in [0.15, 0.2) is 5.76 Å². The Labute approximate surface area is 175 Å². The van der Waals surface area contributed by atoms with Crippen molar-refractivity contribution in [2.24, 2.45) is 5.92 Å². The van der Waals surface area contributed by atoms with Crippen LogP contribution in [0, 0.1) is 11.7 Å². The number of fused-ring (bicyclic) bond motifs is 1. The Bertz CT molecular complexity index is 1190. The van der Waals surface area contributed by atoms with Gasteiger partial charge >= 0.3 is 0 Å². The SMILES string of the molecule is CCC(c1ccc2cc(-c3ccc(-c4cc(OC)ccc4F)cn3)oc2c1)C1CC1. The lowest BCUT2D eigenvalue weighted by molar-refractivity contribution is 0.414. The quantitative estimate of drug-likeness (QED) is 0.342. The number of pyridine rings is 1. The number of methoxy groups -OCH3 is 1. The third-order valence-corrected chi connectivity index (χ3v) is 6.10. The average molecular weight is 401 g/mol. The molecule has 1 aliphatic rings. The summed E-state index contributed by atoms with van der Waals surface area (Å²) in [4.78, 5) is 4.53. The summed E-state index contributed by atoms with van der Waals surface area (Å²) in [7, 11) is 1.57. The second kappa shape index (κ2) is 7.60. The molecule has 3 nitrogen and oxygen atoms in total. The lowest BCUT2D eigenvalue weighted by atomic mass is 9.91. The molecule has 0 bridgehead atoms. The van der Waals surface area contributed by atoms with Gasteiger partial charge in [-0.05, 0) is 73.1 Å². The molecule has 1 unspecified atom stereocenters. The number of benzene rings is 2. The summed E-state index contributed by atoms with van der Waals surface area (Å²) >= 11 is 0. The molecule has 0 spiro atoms. The van der Waals surface area contributed by atoms with Crippen LogP contribution in [0.5, 0.6) is 5.75 Å². The summed E-state index contributed by atoms with van der Waals surface area (Å²) < 4.78 is 25.6. The van der Waals surface area contributed by atoms with Crippen molar-refractivity contribution in [2.75, 3.05) is 7.11 Å². The van der Waals surface area contributed by atoms with Gasteiger partial charge in [0.2, 0.25) is 0 Å². The van der Waals surface area contributed by atoms with Gasteiger partial charge in [-0.15, -0.1) is 0 Å². The van der Waals surface area contributed by atoms with Crippen LogP contribution in [0.3, 0.4) is 0 Å². The lowest BCUT2D eigenvalue weighted by Gasteiger charge is -2.13. The highest BCUT2D eigenvalue weighted by Crippen LogP contribution is 2.45. The van der Waals surface area contributed by atoms with E-state index in [0.717, 1.165) is 34.8 Å². The molecule has 1 aliphatic carbocycles. The molecule has 0 radical (unpaired) electrons. The Hall–Kier alpha value is -3.14. The van der Waals surface area contributed by atoms with Gasteiger partial charge in [-0.1, -0.05) is 25.1 Å². The van der Waals surface area contributed by atoms with Crippen LogP contribution in [-0.2, 0) is 0 Å². The van der Waals surface area contributed by atoms with Gasteiger partial charge in [0.05, 0.1) is 7.11 Å². The maximum atomic E-state index is 14.2. The molecule has 4 heteroatoms. The summed E-state index contributed by atoms with van der Waals surface area (Å²) in [6.07, 6.45) is 5.51. The summed E-state index contributed by atoms with van der Waals surface area (Å²) in [5.74, 6) is 2.48. The van der Waals surface area contributed by atoms with Crippen molar-refractivity contribution in [3.8, 4) is 28.3 Å². The summed E-state index contributed by atoms with van der Waals surface area (Å²) in [5.41, 5.74) is 4.16. The Kier molecular flexibility index (Phi) is 4.78. The highest BCUT2D eigenvalue weighted by atomic mass is 19.1. The van der Waals surface area contributed by atoms with Crippen LogP contribution in [0.15, 0.2) is 65.2 Å². The van der Waals surface area contributed by atoms with E-state index < -0.39 is 0 Å². The molecule has 30 heavy (non-hydrogen) atoms. The molecule has 0 saturated heterocycles. The van der Waals surface area contributed by atoms with Crippen LogP contribution in [0.1, 0.15) is 37.7 Å². The molecule has 0 aliphatic heterocycles. The fraction of sp³-hybridized carbons (Fsp3) is 0.269. The Morgan fingerprint density at radius 2 is 1.97 bits per heavy atom. The smallest absolute Gasteiger partial charge is 0.153 e. The fourth-order valence-corrected chi connectivity index (χ4v) is 4.30. The third kappa shape index (κ3) is 3.47. The van der Waals surface area contributed by atoms with E-state index in [1.807, 2.05) is 18.2 Å². The van der Waals surface area contributed by atoms with Crippen LogP contribution in [-0.4, -0.2) is 12.1 Å². The average Bonchev–Trinajstić information content (AvgIpc) is 3.52. The van der Waals surface area contributed by atoms with E-state index in [-0.39, 0.29) is 5.82 Å². The molecule has 152 valence electrons. The maximum absolute atomic E-state index is 14.2. The Balaban J connectivity index is 1.45. The molecular weight excluding hydrogens is 377 g/mol. The lowest BCUT2D eigenvalue weighted by Crippen LogP contribution is -1.98. The van der Waals surface area contributed by atoms with Gasteiger partial charge in [-0.2, -0.15) is 0 Å². The van der Waals surface area contributed by atoms with Crippen molar-refractivity contribution in [1.29, 1.82) is 0 Å². The summed E-state index contributed by atoms with van der Waals surface area (Å²) in [6, 6.07) is 17.0. The first-order valence-electron chi connectivity index (χ1n) is 10.5. The van der Waals surface area contributed by atoms with Gasteiger partial charge < -0.3 is 9.15 Å². The predicted molar refractivity (Wildman–Crippen MR) is 117 cm³/mol. The first kappa shape index (κ1) is 18.9. The standard InChI is InChI=1S/C26H24FNO2/c1-3-21(16-4-5-16)17-6-7-18-13-26(30-25(18)12-17)24-11-8-19(15-28-24)22-14-20(29-2)9-10-23(22)27/h6-16,21H,3-5H2,1-2H3. The zero-order valence-electron chi connectivity index (χ0n) is 17.2. The number of ether oxygens (including phenoxy) is 1. The van der Waals surface area contributed by atoms with Crippen LogP contribution in [0.25, 0.3) is 33.6 Å². The molecule has 1 fully saturated rings. The monoisotopic (exact) mass is 401 g/mol. The first-order valence-corrected chi connectivity index (χ1v) is 10.5. The molecule has 2 aromatic carbocycles. The highest BCUT2D eigenvalue weighted by Gasteiger charge is 2.31. The normalized spacial score (nSPS) is 14.8. The molecule has 5 rings (SSSR count). The van der Waals surface area contributed by atoms with Crippen molar-refractivity contribution in [2.45, 2.75) is 32.1 Å². The first-order chi connectivity index (χ1) is 14.7. The number of furan rings is 1. The Morgan fingerprint density at radius 1 is 1.10 bits per heavy atom. The minimum atomic E-state index is -0.303. The van der Waals surface area contributed by atoms with Crippen molar-refractivity contribution in [1.82, 2.24) is 4.98 Å². The van der Waals surface area contributed by atoms with E-state index in [1.165, 1.54) is 24.5 Å². The largest absolute Gasteiger partial charge is 0.497 e. The highest BCUT2D eigenvalue weighted by molar-refractivity contribution is 5.83. The number of rotatable bonds is 6. The van der Waals surface area contributed by atoms with Crippen LogP contribution < -0.4 is 4.74 Å². The number of hydrogen-bond donors (Lipinski definition) is 0. The zero-order chi connectivity index (χ0) is 20.7. The Morgan fingerprint density at radius 3 is 2.67 bits per heavy atom. The van der Waals surface area contributed by atoms with E-state index in [9.17, 15) is 4.39 Å². The minimum Gasteiger partial charge on any atom is -0.497 e. The van der Waals surface area contributed by atoms with Gasteiger partial charge in [0.1, 0.15) is 22.8 Å². The van der Waals surface area contributed by atoms with Gasteiger partial charge in [0, 0.05) is 22.7 Å². The van der Waals surface area contributed by atoms with Crippen molar-refractivity contribution < 1.29 is 13.5 Å². The molecule has 0 N–H and O–H groups in total. The van der Waals surface area contributed by atoms with Crippen molar-refractivity contribution in [3.63, 3.8) is 0 Å². The molecule has 2 aromatic heterocycles. The fourth-order valence-electron chi connectivity index (χ4n) is 4.30. The van der Waals surface area contributed by atoms with E-state index in [2.05, 4.69) is 30.1 Å². The van der Waals surface area contributed by atoms with Crippen LogP contribution in [0.4, 0.5) is 4.39 Å². The van der Waals surface area contributed by atoms with Gasteiger partial charge in [-0.3, -0.25) is 4.98 Å². The molecule has 2 heterocycles. The second-order valence-corrected chi connectivity index (χ2v) is 8.04. The van der Waals surface area contributed by atoms with Crippen molar-refractivity contribution in [3.05, 3.63) is 72.2 Å². The molecule has 4 aromatic rings. The molecular formula is C26H24FNO2. The number of aromatic nitrogens is 1. The maximum Gasteiger partial charge on any atom is 0.153 e. The minimum absolute atomic E-state index is 0.303. The van der Waals surface area contributed by atoms with Gasteiger partial charge in [-0.25, -0.2) is 4.39 Å². The number of nitrogens with zero attached hydrogens (tertiary/aromatic N) is 1. The van der Waals surface area contributed by atoms with E-state index in [1.54, 1.807) is 25.4 Å². The van der Waals surface area contributed by atoms with Crippen LogP contribution >= 0.6 is 0 Å². The number of hydrogen-bond acceptors (Lipinski definition) is 3. The van der Waals surface area contributed by atoms with Gasteiger partial charge in [0.25, 0.3) is 0 Å². The van der Waals surface area contributed by atoms with E-state index >= 15 is 0 Å². The van der Waals surface area contributed by atoms with Crippen molar-refractivity contribution >= 4 is 11.0 Å². The summed E-state index contributed by atoms with van der Waals surface area (Å²) in [5, 5.41) is 1.07. The number of halogens is 1. The van der Waals surface area contributed by atoms with Crippen LogP contribution in [0.2, 0.25) is 0 Å². The van der Waals surface area contributed by atoms with E-state index in [4.69, 9.17) is 9.15 Å². The predicted octanol–water partition coefficient (Wildman–Crippen LogP) is 7.21.